The lowest BCUT2D eigenvalue weighted by molar-refractivity contribution is 0.902. The minimum atomic E-state index is 0.992. The van der Waals surface area contributed by atoms with E-state index in [1.54, 1.807) is 0 Å². The van der Waals surface area contributed by atoms with Crippen LogP contribution in [0.4, 0.5) is 0 Å². The molecule has 0 aliphatic carbocycles. The topological polar surface area (TPSA) is 24.4 Å². The smallest absolute Gasteiger partial charge is 0.156 e. The molecule has 0 spiro atoms. The molecule has 0 radical (unpaired) electrons. The van der Waals surface area contributed by atoms with Crippen molar-refractivity contribution in [2.75, 3.05) is 18.8 Å². The highest BCUT2D eigenvalue weighted by Crippen LogP contribution is 2.09. The van der Waals surface area contributed by atoms with Gasteiger partial charge in [0, 0.05) is 18.8 Å². The molecule has 0 aromatic carbocycles. The molecule has 52 valence electrons. The number of thioether (sulfide) groups is 1. The van der Waals surface area contributed by atoms with Gasteiger partial charge in [-0.25, -0.2) is 0 Å². The molecule has 0 fully saturated rings. The molecule has 0 saturated carbocycles. The Hall–Kier alpha value is -0.180. The Bertz CT molecular complexity index is 112. The monoisotopic (exact) mass is 144 g/mol. The maximum absolute atomic E-state index is 4.29. The molecular weight excluding hydrogens is 132 g/mol. The van der Waals surface area contributed by atoms with Crippen molar-refractivity contribution in [2.45, 2.75) is 13.3 Å². The Labute approximate surface area is 60.1 Å². The summed E-state index contributed by atoms with van der Waals surface area (Å²) in [6.45, 7) is 4.10. The lowest BCUT2D eigenvalue weighted by Gasteiger charge is -2.10. The lowest BCUT2D eigenvalue weighted by Crippen LogP contribution is -2.22. The van der Waals surface area contributed by atoms with Crippen LogP contribution in [-0.4, -0.2) is 24.0 Å². The normalized spacial score (nSPS) is 19.0. The second kappa shape index (κ2) is 3.77. The van der Waals surface area contributed by atoms with Crippen molar-refractivity contribution < 1.29 is 0 Å². The molecule has 0 unspecified atom stereocenters. The molecule has 0 atom stereocenters. The largest absolute Gasteiger partial charge is 0.365 e. The van der Waals surface area contributed by atoms with Crippen molar-refractivity contribution in [3.8, 4) is 0 Å². The highest BCUT2D eigenvalue weighted by atomic mass is 32.2. The van der Waals surface area contributed by atoms with Gasteiger partial charge in [-0.1, -0.05) is 11.8 Å². The van der Waals surface area contributed by atoms with Crippen LogP contribution >= 0.6 is 11.8 Å². The van der Waals surface area contributed by atoms with Crippen molar-refractivity contribution in [3.63, 3.8) is 0 Å². The number of nitrogens with one attached hydrogen (secondary N) is 1. The highest BCUT2D eigenvalue weighted by molar-refractivity contribution is 8.13. The van der Waals surface area contributed by atoms with E-state index in [1.807, 2.05) is 11.8 Å². The van der Waals surface area contributed by atoms with Gasteiger partial charge in [-0.15, -0.1) is 0 Å². The number of amidine groups is 1. The molecule has 1 rings (SSSR count). The molecule has 0 bridgehead atoms. The summed E-state index contributed by atoms with van der Waals surface area (Å²) in [6.07, 6.45) is 1.24. The first-order chi connectivity index (χ1) is 4.43. The van der Waals surface area contributed by atoms with Gasteiger partial charge in [0.25, 0.3) is 0 Å². The van der Waals surface area contributed by atoms with E-state index < -0.39 is 0 Å². The first-order valence-electron chi connectivity index (χ1n) is 3.34. The van der Waals surface area contributed by atoms with Crippen molar-refractivity contribution in [3.05, 3.63) is 0 Å². The van der Waals surface area contributed by atoms with Crippen LogP contribution in [-0.2, 0) is 0 Å². The second-order valence-corrected chi connectivity index (χ2v) is 3.00. The van der Waals surface area contributed by atoms with Crippen LogP contribution in [0.2, 0.25) is 0 Å². The predicted octanol–water partition coefficient (Wildman–Crippen LogP) is 1.09. The molecule has 1 aliphatic rings. The zero-order valence-electron chi connectivity index (χ0n) is 5.68. The summed E-state index contributed by atoms with van der Waals surface area (Å²) in [6, 6.07) is 0. The summed E-state index contributed by atoms with van der Waals surface area (Å²) in [7, 11) is 0. The van der Waals surface area contributed by atoms with Crippen molar-refractivity contribution in [1.82, 2.24) is 5.32 Å². The standard InChI is InChI=1S/C6H12N2S/c1-2-7-6-8-4-3-5-9-6/h2-5H2,1H3,(H,7,8). The summed E-state index contributed by atoms with van der Waals surface area (Å²) in [4.78, 5) is 4.29. The average molecular weight is 144 g/mol. The summed E-state index contributed by atoms with van der Waals surface area (Å²) in [5, 5.41) is 4.33. The summed E-state index contributed by atoms with van der Waals surface area (Å²) in [5.74, 6) is 1.23. The first-order valence-corrected chi connectivity index (χ1v) is 4.33. The molecule has 1 N–H and O–H groups in total. The number of hydrogen-bond acceptors (Lipinski definition) is 3. The SMILES string of the molecule is CCNC1=NCCCS1. The van der Waals surface area contributed by atoms with Crippen LogP contribution in [0.15, 0.2) is 4.99 Å². The summed E-state index contributed by atoms with van der Waals surface area (Å²) in [5.41, 5.74) is 0. The van der Waals surface area contributed by atoms with Gasteiger partial charge in [0.05, 0.1) is 0 Å². The molecule has 1 heterocycles. The van der Waals surface area contributed by atoms with Crippen LogP contribution in [0.25, 0.3) is 0 Å². The van der Waals surface area contributed by atoms with Crippen LogP contribution in [0.3, 0.4) is 0 Å². The number of aliphatic imine (C=N–C) groups is 1. The highest BCUT2D eigenvalue weighted by Gasteiger charge is 2.02. The predicted molar refractivity (Wildman–Crippen MR) is 43.1 cm³/mol. The lowest BCUT2D eigenvalue weighted by atomic mass is 10.5. The van der Waals surface area contributed by atoms with Crippen LogP contribution in [0.5, 0.6) is 0 Å². The second-order valence-electron chi connectivity index (χ2n) is 1.92. The molecule has 1 aliphatic heterocycles. The van der Waals surface area contributed by atoms with Crippen LogP contribution in [0.1, 0.15) is 13.3 Å². The molecule has 0 saturated heterocycles. The van der Waals surface area contributed by atoms with Crippen molar-refractivity contribution in [1.29, 1.82) is 0 Å². The average Bonchev–Trinajstić information content (AvgIpc) is 1.91. The Morgan fingerprint density at radius 2 is 2.67 bits per heavy atom. The van der Waals surface area contributed by atoms with Gasteiger partial charge in [0.2, 0.25) is 0 Å². The molecule has 9 heavy (non-hydrogen) atoms. The molecule has 2 nitrogen and oxygen atoms in total. The Morgan fingerprint density at radius 3 is 3.22 bits per heavy atom. The Balaban J connectivity index is 2.28. The van der Waals surface area contributed by atoms with Gasteiger partial charge in [0.1, 0.15) is 0 Å². The number of rotatable bonds is 1. The summed E-state index contributed by atoms with van der Waals surface area (Å²) >= 11 is 1.83. The summed E-state index contributed by atoms with van der Waals surface area (Å²) < 4.78 is 0. The third-order valence-electron chi connectivity index (χ3n) is 1.12. The van der Waals surface area contributed by atoms with Crippen molar-refractivity contribution >= 4 is 16.9 Å². The van der Waals surface area contributed by atoms with Gasteiger partial charge in [0.15, 0.2) is 5.17 Å². The van der Waals surface area contributed by atoms with Crippen LogP contribution in [0, 0.1) is 0 Å². The fraction of sp³-hybridized carbons (Fsp3) is 0.833. The molecule has 0 aromatic heterocycles. The third kappa shape index (κ3) is 2.26. The van der Waals surface area contributed by atoms with Gasteiger partial charge in [-0.05, 0) is 13.3 Å². The van der Waals surface area contributed by atoms with E-state index in [0.717, 1.165) is 18.3 Å². The fourth-order valence-electron chi connectivity index (χ4n) is 0.718. The van der Waals surface area contributed by atoms with Crippen LogP contribution < -0.4 is 5.32 Å². The third-order valence-corrected chi connectivity index (χ3v) is 2.16. The van der Waals surface area contributed by atoms with E-state index in [9.17, 15) is 0 Å². The minimum absolute atomic E-state index is 0.992. The van der Waals surface area contributed by atoms with E-state index in [4.69, 9.17) is 0 Å². The van der Waals surface area contributed by atoms with Gasteiger partial charge in [-0.2, -0.15) is 0 Å². The number of nitrogens with zero attached hydrogens (tertiary/aromatic N) is 1. The van der Waals surface area contributed by atoms with Gasteiger partial charge in [-0.3, -0.25) is 4.99 Å². The minimum Gasteiger partial charge on any atom is -0.365 e. The van der Waals surface area contributed by atoms with E-state index in [2.05, 4.69) is 17.2 Å². The molecule has 3 heteroatoms. The molecule has 0 aromatic rings. The first kappa shape index (κ1) is 6.93. The Kier molecular flexibility index (Phi) is 2.91. The number of hydrogen-bond donors (Lipinski definition) is 1. The van der Waals surface area contributed by atoms with E-state index in [1.165, 1.54) is 12.2 Å². The van der Waals surface area contributed by atoms with Crippen molar-refractivity contribution in [2.24, 2.45) is 4.99 Å². The van der Waals surface area contributed by atoms with E-state index >= 15 is 0 Å². The maximum atomic E-state index is 4.29. The van der Waals surface area contributed by atoms with E-state index in [-0.39, 0.29) is 0 Å². The van der Waals surface area contributed by atoms with Gasteiger partial charge >= 0.3 is 0 Å². The maximum Gasteiger partial charge on any atom is 0.156 e. The molecular formula is C6H12N2S. The zero-order chi connectivity index (χ0) is 6.53. The van der Waals surface area contributed by atoms with Gasteiger partial charge < -0.3 is 5.32 Å². The fourth-order valence-corrected chi connectivity index (χ4v) is 1.61. The quantitative estimate of drug-likeness (QED) is 0.595. The van der Waals surface area contributed by atoms with E-state index in [0.29, 0.717) is 0 Å². The molecule has 0 amide bonds. The Morgan fingerprint density at radius 1 is 1.78 bits per heavy atom. The zero-order valence-corrected chi connectivity index (χ0v) is 6.50.